The summed E-state index contributed by atoms with van der Waals surface area (Å²) in [7, 11) is 0. The average molecular weight is 272 g/mol. The maximum atomic E-state index is 5.86. The summed E-state index contributed by atoms with van der Waals surface area (Å²) in [5, 5.41) is 1.16. The smallest absolute Gasteiger partial charge is 0.134 e. The third-order valence-corrected chi connectivity index (χ3v) is 3.61. The van der Waals surface area contributed by atoms with Crippen LogP contribution >= 0.6 is 0 Å². The summed E-state index contributed by atoms with van der Waals surface area (Å²) < 4.78 is 5.86. The lowest BCUT2D eigenvalue weighted by atomic mass is 10.0. The highest BCUT2D eigenvalue weighted by Crippen LogP contribution is 2.28. The van der Waals surface area contributed by atoms with E-state index in [4.69, 9.17) is 10.2 Å². The fourth-order valence-electron chi connectivity index (χ4n) is 2.41. The number of hydrogen-bond donors (Lipinski definition) is 1. The van der Waals surface area contributed by atoms with Crippen LogP contribution in [0.5, 0.6) is 0 Å². The largest absolute Gasteiger partial charge is 0.459 e. The van der Waals surface area contributed by atoms with Crippen LogP contribution in [0.25, 0.3) is 11.0 Å². The number of para-hydroxylation sites is 1. The van der Waals surface area contributed by atoms with Crippen molar-refractivity contribution in [1.82, 2.24) is 4.90 Å². The van der Waals surface area contributed by atoms with Gasteiger partial charge in [0.2, 0.25) is 0 Å². The van der Waals surface area contributed by atoms with E-state index in [1.54, 1.807) is 0 Å². The Morgan fingerprint density at radius 3 is 2.60 bits per heavy atom. The molecule has 2 N–H and O–H groups in total. The number of nitrogens with zero attached hydrogens (tertiary/aromatic N) is 1. The number of rotatable bonds is 5. The molecule has 1 heterocycles. The Morgan fingerprint density at radius 2 is 2.00 bits per heavy atom. The van der Waals surface area contributed by atoms with Gasteiger partial charge in [-0.2, -0.15) is 0 Å². The summed E-state index contributed by atoms with van der Waals surface area (Å²) in [5.41, 5.74) is 8.02. The van der Waals surface area contributed by atoms with Crippen molar-refractivity contribution in [2.45, 2.75) is 39.4 Å². The van der Waals surface area contributed by atoms with Crippen molar-refractivity contribution in [3.05, 3.63) is 48.2 Å². The molecular formula is C17H24N2O. The zero-order valence-corrected chi connectivity index (χ0v) is 12.6. The van der Waals surface area contributed by atoms with Crippen molar-refractivity contribution in [3.8, 4) is 0 Å². The van der Waals surface area contributed by atoms with Gasteiger partial charge >= 0.3 is 0 Å². The van der Waals surface area contributed by atoms with Gasteiger partial charge in [-0.05, 0) is 26.8 Å². The van der Waals surface area contributed by atoms with Crippen LogP contribution in [0, 0.1) is 0 Å². The lowest BCUT2D eigenvalue weighted by molar-refractivity contribution is 0.145. The number of fused-ring (bicyclic) bond motifs is 1. The molecule has 0 fully saturated rings. The lowest BCUT2D eigenvalue weighted by Crippen LogP contribution is -2.41. The molecule has 1 aromatic heterocycles. The van der Waals surface area contributed by atoms with Gasteiger partial charge in [-0.25, -0.2) is 0 Å². The Morgan fingerprint density at radius 1 is 1.30 bits per heavy atom. The molecule has 2 rings (SSSR count). The Hall–Kier alpha value is -1.58. The minimum atomic E-state index is 0.0679. The molecule has 0 aliphatic heterocycles. The second kappa shape index (κ2) is 5.81. The van der Waals surface area contributed by atoms with Crippen molar-refractivity contribution < 1.29 is 4.42 Å². The predicted molar refractivity (Wildman–Crippen MR) is 84.5 cm³/mol. The van der Waals surface area contributed by atoms with Crippen LogP contribution < -0.4 is 5.73 Å². The third kappa shape index (κ3) is 2.94. The van der Waals surface area contributed by atoms with E-state index in [2.05, 4.69) is 38.3 Å². The molecule has 20 heavy (non-hydrogen) atoms. The standard InChI is InChI=1S/C17H24N2O/c1-5-10-19(17(2,3)4)12-14-13-8-6-7-9-15(13)20-16(14)11-18/h5-9H,1,10-12,18H2,2-4H3. The van der Waals surface area contributed by atoms with Crippen molar-refractivity contribution in [2.24, 2.45) is 5.73 Å². The molecule has 0 bridgehead atoms. The quantitative estimate of drug-likeness (QED) is 0.844. The molecule has 0 spiro atoms. The summed E-state index contributed by atoms with van der Waals surface area (Å²) in [6.07, 6.45) is 1.94. The highest BCUT2D eigenvalue weighted by atomic mass is 16.3. The molecule has 0 aliphatic rings. The molecule has 0 radical (unpaired) electrons. The summed E-state index contributed by atoms with van der Waals surface area (Å²) in [5.74, 6) is 0.879. The van der Waals surface area contributed by atoms with Crippen molar-refractivity contribution >= 4 is 11.0 Å². The first kappa shape index (κ1) is 14.8. The first-order chi connectivity index (χ1) is 9.47. The monoisotopic (exact) mass is 272 g/mol. The maximum absolute atomic E-state index is 5.86. The Bertz CT molecular complexity index is 593. The maximum Gasteiger partial charge on any atom is 0.134 e. The van der Waals surface area contributed by atoms with E-state index in [1.807, 2.05) is 24.3 Å². The number of hydrogen-bond acceptors (Lipinski definition) is 3. The van der Waals surface area contributed by atoms with Crippen LogP contribution in [0.1, 0.15) is 32.1 Å². The van der Waals surface area contributed by atoms with E-state index in [0.717, 1.165) is 29.8 Å². The minimum absolute atomic E-state index is 0.0679. The summed E-state index contributed by atoms with van der Waals surface area (Å²) in [6.45, 7) is 12.6. The van der Waals surface area contributed by atoms with Crippen LogP contribution in [0.15, 0.2) is 41.3 Å². The molecular weight excluding hydrogens is 248 g/mol. The lowest BCUT2D eigenvalue weighted by Gasteiger charge is -2.34. The van der Waals surface area contributed by atoms with Crippen LogP contribution in [0.4, 0.5) is 0 Å². The topological polar surface area (TPSA) is 42.4 Å². The van der Waals surface area contributed by atoms with Gasteiger partial charge in [0.15, 0.2) is 0 Å². The molecule has 0 saturated carbocycles. The Balaban J connectivity index is 2.43. The fourth-order valence-corrected chi connectivity index (χ4v) is 2.41. The summed E-state index contributed by atoms with van der Waals surface area (Å²) >= 11 is 0. The SMILES string of the molecule is C=CCN(Cc1c(CN)oc2ccccc12)C(C)(C)C. The Labute approximate surface area is 121 Å². The van der Waals surface area contributed by atoms with Gasteiger partial charge in [-0.15, -0.1) is 6.58 Å². The molecule has 0 aliphatic carbocycles. The highest BCUT2D eigenvalue weighted by Gasteiger charge is 2.23. The molecule has 0 saturated heterocycles. The fraction of sp³-hybridized carbons (Fsp3) is 0.412. The van der Waals surface area contributed by atoms with Crippen LogP contribution in [-0.2, 0) is 13.1 Å². The van der Waals surface area contributed by atoms with Gasteiger partial charge in [-0.1, -0.05) is 24.3 Å². The second-order valence-electron chi connectivity index (χ2n) is 6.04. The van der Waals surface area contributed by atoms with Crippen molar-refractivity contribution in [3.63, 3.8) is 0 Å². The number of benzene rings is 1. The van der Waals surface area contributed by atoms with Gasteiger partial charge in [0, 0.05) is 29.6 Å². The van der Waals surface area contributed by atoms with E-state index >= 15 is 0 Å². The first-order valence-corrected chi connectivity index (χ1v) is 7.02. The Kier molecular flexibility index (Phi) is 4.31. The first-order valence-electron chi connectivity index (χ1n) is 7.02. The normalized spacial score (nSPS) is 12.2. The van der Waals surface area contributed by atoms with Gasteiger partial charge in [0.05, 0.1) is 6.54 Å². The zero-order chi connectivity index (χ0) is 14.8. The van der Waals surface area contributed by atoms with Crippen LogP contribution in [-0.4, -0.2) is 17.0 Å². The molecule has 108 valence electrons. The summed E-state index contributed by atoms with van der Waals surface area (Å²) in [6, 6.07) is 8.12. The van der Waals surface area contributed by atoms with Gasteiger partial charge in [0.1, 0.15) is 11.3 Å². The predicted octanol–water partition coefficient (Wildman–Crippen LogP) is 3.68. The second-order valence-corrected chi connectivity index (χ2v) is 6.04. The van der Waals surface area contributed by atoms with E-state index in [1.165, 1.54) is 5.56 Å². The molecule has 3 heteroatoms. The van der Waals surface area contributed by atoms with E-state index in [-0.39, 0.29) is 5.54 Å². The molecule has 1 aromatic carbocycles. The molecule has 0 unspecified atom stereocenters. The highest BCUT2D eigenvalue weighted by molar-refractivity contribution is 5.82. The van der Waals surface area contributed by atoms with E-state index in [9.17, 15) is 0 Å². The number of nitrogens with two attached hydrogens (primary N) is 1. The van der Waals surface area contributed by atoms with Crippen LogP contribution in [0.3, 0.4) is 0 Å². The molecule has 0 amide bonds. The third-order valence-electron chi connectivity index (χ3n) is 3.61. The van der Waals surface area contributed by atoms with Crippen LogP contribution in [0.2, 0.25) is 0 Å². The molecule has 3 nitrogen and oxygen atoms in total. The van der Waals surface area contributed by atoms with Gasteiger partial charge in [0.25, 0.3) is 0 Å². The van der Waals surface area contributed by atoms with Crippen molar-refractivity contribution in [1.29, 1.82) is 0 Å². The molecule has 2 aromatic rings. The average Bonchev–Trinajstić information content (AvgIpc) is 2.75. The number of furan rings is 1. The van der Waals surface area contributed by atoms with E-state index in [0.29, 0.717) is 6.54 Å². The molecule has 0 atom stereocenters. The summed E-state index contributed by atoms with van der Waals surface area (Å²) in [4.78, 5) is 2.37. The van der Waals surface area contributed by atoms with Gasteiger partial charge in [-0.3, -0.25) is 4.90 Å². The van der Waals surface area contributed by atoms with E-state index < -0.39 is 0 Å². The minimum Gasteiger partial charge on any atom is -0.459 e. The zero-order valence-electron chi connectivity index (χ0n) is 12.6. The van der Waals surface area contributed by atoms with Crippen molar-refractivity contribution in [2.75, 3.05) is 6.54 Å². The van der Waals surface area contributed by atoms with Gasteiger partial charge < -0.3 is 10.2 Å².